The van der Waals surface area contributed by atoms with Crippen LogP contribution < -0.4 is 9.46 Å². The Hall–Kier alpha value is -4.25. The minimum absolute atomic E-state index is 0.00198. The zero-order valence-corrected chi connectivity index (χ0v) is 18.6. The van der Waals surface area contributed by atoms with E-state index >= 15 is 0 Å². The fourth-order valence-corrected chi connectivity index (χ4v) is 4.02. The number of halogens is 1. The second-order valence-corrected chi connectivity index (χ2v) is 8.60. The molecule has 11 heteroatoms. The number of benzene rings is 3. The number of rotatable bonds is 8. The van der Waals surface area contributed by atoms with E-state index in [1.54, 1.807) is 12.1 Å². The van der Waals surface area contributed by atoms with Crippen molar-refractivity contribution in [1.29, 1.82) is 0 Å². The molecule has 0 aliphatic heterocycles. The van der Waals surface area contributed by atoms with Gasteiger partial charge in [-0.3, -0.25) is 4.72 Å². The molecule has 0 atom stereocenters. The van der Waals surface area contributed by atoms with Crippen LogP contribution in [0.25, 0.3) is 11.4 Å². The van der Waals surface area contributed by atoms with Crippen LogP contribution in [0.4, 0.5) is 10.1 Å². The highest BCUT2D eigenvalue weighted by Crippen LogP contribution is 2.23. The molecule has 3 aromatic carbocycles. The Labute approximate surface area is 194 Å². The number of carbonyl (C=O) groups is 1. The third-order valence-corrected chi connectivity index (χ3v) is 6.04. The minimum Gasteiger partial charge on any atom is -0.497 e. The summed E-state index contributed by atoms with van der Waals surface area (Å²) in [7, 11) is -2.50. The lowest BCUT2D eigenvalue weighted by atomic mass is 10.2. The number of ether oxygens (including phenoxy) is 2. The first-order valence-corrected chi connectivity index (χ1v) is 11.4. The molecule has 0 radical (unpaired) electrons. The molecule has 0 aliphatic rings. The maximum atomic E-state index is 13.1. The number of carbonyl (C=O) groups excluding carboxylic acids is 1. The third-order valence-electron chi connectivity index (χ3n) is 4.66. The third kappa shape index (κ3) is 5.21. The highest BCUT2D eigenvalue weighted by molar-refractivity contribution is 7.92. The zero-order chi connectivity index (χ0) is 24.1. The lowest BCUT2D eigenvalue weighted by Crippen LogP contribution is -2.16. The van der Waals surface area contributed by atoms with Gasteiger partial charge >= 0.3 is 5.97 Å². The van der Waals surface area contributed by atoms with Crippen LogP contribution in [0, 0.1) is 5.82 Å². The first kappa shape index (κ1) is 22.9. The van der Waals surface area contributed by atoms with Crippen LogP contribution in [-0.4, -0.2) is 31.6 Å². The maximum Gasteiger partial charge on any atom is 0.340 e. The first-order valence-electron chi connectivity index (χ1n) is 9.87. The number of para-hydroxylation sites is 1. The molecule has 0 spiro atoms. The van der Waals surface area contributed by atoms with Gasteiger partial charge in [-0.05, 0) is 60.7 Å². The van der Waals surface area contributed by atoms with Crippen LogP contribution in [0.2, 0.25) is 0 Å². The molecule has 174 valence electrons. The fraction of sp³-hybridized carbons (Fsp3) is 0.0870. The molecule has 4 rings (SSSR count). The van der Waals surface area contributed by atoms with Crippen molar-refractivity contribution in [3.63, 3.8) is 0 Å². The molecule has 1 aromatic heterocycles. The van der Waals surface area contributed by atoms with Gasteiger partial charge in [0, 0.05) is 5.56 Å². The van der Waals surface area contributed by atoms with Crippen molar-refractivity contribution in [3.8, 4) is 17.1 Å². The van der Waals surface area contributed by atoms with Crippen LogP contribution in [0.3, 0.4) is 0 Å². The van der Waals surface area contributed by atoms with Crippen molar-refractivity contribution in [2.75, 3.05) is 11.8 Å². The van der Waals surface area contributed by atoms with Gasteiger partial charge in [-0.1, -0.05) is 17.3 Å². The molecular formula is C23H18FN3O6S. The van der Waals surface area contributed by atoms with Crippen LogP contribution in [0.1, 0.15) is 16.2 Å². The molecule has 1 N–H and O–H groups in total. The molecule has 1 heterocycles. The summed E-state index contributed by atoms with van der Waals surface area (Å²) in [6.45, 7) is -0.341. The van der Waals surface area contributed by atoms with Crippen LogP contribution in [-0.2, 0) is 21.4 Å². The van der Waals surface area contributed by atoms with Gasteiger partial charge in [0.15, 0.2) is 6.61 Å². The fourth-order valence-electron chi connectivity index (χ4n) is 2.94. The Morgan fingerprint density at radius 2 is 1.74 bits per heavy atom. The molecule has 0 aliphatic carbocycles. The van der Waals surface area contributed by atoms with E-state index in [2.05, 4.69) is 14.9 Å². The number of methoxy groups -OCH3 is 1. The molecule has 0 fully saturated rings. The van der Waals surface area contributed by atoms with E-state index in [4.69, 9.17) is 14.0 Å². The number of esters is 1. The van der Waals surface area contributed by atoms with Gasteiger partial charge in [-0.15, -0.1) is 0 Å². The second kappa shape index (κ2) is 9.71. The molecular weight excluding hydrogens is 465 g/mol. The van der Waals surface area contributed by atoms with Crippen LogP contribution >= 0.6 is 0 Å². The van der Waals surface area contributed by atoms with Crippen molar-refractivity contribution in [1.82, 2.24) is 10.1 Å². The summed E-state index contributed by atoms with van der Waals surface area (Å²) in [5, 5.41) is 3.78. The maximum absolute atomic E-state index is 13.1. The molecule has 0 unspecified atom stereocenters. The number of nitrogens with zero attached hydrogens (tertiary/aromatic N) is 2. The molecule has 9 nitrogen and oxygen atoms in total. The van der Waals surface area contributed by atoms with Gasteiger partial charge in [0.05, 0.1) is 23.3 Å². The van der Waals surface area contributed by atoms with Gasteiger partial charge in [-0.25, -0.2) is 17.6 Å². The predicted molar refractivity (Wildman–Crippen MR) is 119 cm³/mol. The number of anilines is 1. The van der Waals surface area contributed by atoms with E-state index in [-0.39, 0.29) is 34.5 Å². The summed E-state index contributed by atoms with van der Waals surface area (Å²) in [6.07, 6.45) is 0. The quantitative estimate of drug-likeness (QED) is 0.373. The normalized spacial score (nSPS) is 11.1. The SMILES string of the molecule is COc1ccc(S(=O)(=O)Nc2ccccc2C(=O)OCc2nc(-c3ccc(F)cc3)no2)cc1. The predicted octanol–water partition coefficient (Wildman–Crippen LogP) is 4.04. The number of sulfonamides is 1. The molecule has 34 heavy (non-hydrogen) atoms. The second-order valence-electron chi connectivity index (χ2n) is 6.92. The summed E-state index contributed by atoms with van der Waals surface area (Å²) in [4.78, 5) is 16.8. The molecule has 0 saturated heterocycles. The molecule has 4 aromatic rings. The smallest absolute Gasteiger partial charge is 0.340 e. The van der Waals surface area contributed by atoms with Gasteiger partial charge in [-0.2, -0.15) is 4.98 Å². The van der Waals surface area contributed by atoms with E-state index < -0.39 is 21.8 Å². The standard InChI is InChI=1S/C23H18FN3O6S/c1-31-17-10-12-18(13-11-17)34(29,30)27-20-5-3-2-4-19(20)23(28)32-14-21-25-22(26-33-21)15-6-8-16(24)9-7-15/h2-13,27H,14H2,1H3. The summed E-state index contributed by atoms with van der Waals surface area (Å²) in [5.41, 5.74) is 0.569. The van der Waals surface area contributed by atoms with Gasteiger partial charge in [0.2, 0.25) is 5.82 Å². The minimum atomic E-state index is -3.97. The first-order chi connectivity index (χ1) is 16.4. The average molecular weight is 483 g/mol. The summed E-state index contributed by atoms with van der Waals surface area (Å²) in [5.74, 6) is -0.466. The van der Waals surface area contributed by atoms with E-state index in [0.717, 1.165) is 0 Å². The average Bonchev–Trinajstić information content (AvgIpc) is 3.32. The van der Waals surface area contributed by atoms with Gasteiger partial charge < -0.3 is 14.0 Å². The Morgan fingerprint density at radius 3 is 2.44 bits per heavy atom. The Balaban J connectivity index is 1.46. The zero-order valence-electron chi connectivity index (χ0n) is 17.8. The van der Waals surface area contributed by atoms with Crippen molar-refractivity contribution < 1.29 is 31.6 Å². The monoisotopic (exact) mass is 483 g/mol. The molecule has 0 amide bonds. The number of hydrogen-bond donors (Lipinski definition) is 1. The van der Waals surface area contributed by atoms with E-state index in [1.807, 2.05) is 0 Å². The van der Waals surface area contributed by atoms with Crippen LogP contribution in [0.5, 0.6) is 5.75 Å². The lowest BCUT2D eigenvalue weighted by molar-refractivity contribution is 0.0431. The largest absolute Gasteiger partial charge is 0.497 e. The summed E-state index contributed by atoms with van der Waals surface area (Å²) in [6, 6.07) is 17.3. The Kier molecular flexibility index (Phi) is 6.55. The van der Waals surface area contributed by atoms with Crippen LogP contribution in [0.15, 0.2) is 82.2 Å². The number of nitrogens with one attached hydrogen (secondary N) is 1. The van der Waals surface area contributed by atoms with Crippen molar-refractivity contribution in [2.45, 2.75) is 11.5 Å². The molecule has 0 bridgehead atoms. The summed E-state index contributed by atoms with van der Waals surface area (Å²) >= 11 is 0. The number of hydrogen-bond acceptors (Lipinski definition) is 8. The van der Waals surface area contributed by atoms with E-state index in [1.165, 1.54) is 67.8 Å². The van der Waals surface area contributed by atoms with Crippen molar-refractivity contribution in [2.24, 2.45) is 0 Å². The topological polar surface area (TPSA) is 121 Å². The van der Waals surface area contributed by atoms with E-state index in [0.29, 0.717) is 11.3 Å². The Morgan fingerprint density at radius 1 is 1.03 bits per heavy atom. The van der Waals surface area contributed by atoms with Crippen molar-refractivity contribution >= 4 is 21.7 Å². The van der Waals surface area contributed by atoms with E-state index in [9.17, 15) is 17.6 Å². The highest BCUT2D eigenvalue weighted by atomic mass is 32.2. The van der Waals surface area contributed by atoms with Crippen molar-refractivity contribution in [3.05, 3.63) is 90.1 Å². The Bertz CT molecular complexity index is 1400. The lowest BCUT2D eigenvalue weighted by Gasteiger charge is -2.12. The summed E-state index contributed by atoms with van der Waals surface area (Å²) < 4.78 is 56.3. The van der Waals surface area contributed by atoms with Gasteiger partial charge in [0.25, 0.3) is 15.9 Å². The van der Waals surface area contributed by atoms with Gasteiger partial charge in [0.1, 0.15) is 11.6 Å². The number of aromatic nitrogens is 2. The molecule has 0 saturated carbocycles. The highest BCUT2D eigenvalue weighted by Gasteiger charge is 2.20.